The summed E-state index contributed by atoms with van der Waals surface area (Å²) < 4.78 is 0. The summed E-state index contributed by atoms with van der Waals surface area (Å²) >= 11 is 14.8. The molecule has 0 aliphatic heterocycles. The predicted molar refractivity (Wildman–Crippen MR) is 181 cm³/mol. The summed E-state index contributed by atoms with van der Waals surface area (Å²) in [6, 6.07) is 28.7. The normalized spacial score (nSPS) is 8.00. The van der Waals surface area contributed by atoms with E-state index in [1.165, 1.54) is 42.9 Å². The average Bonchev–Trinajstić information content (AvgIpc) is 2.99. The number of thiocarbonyl (C=S) groups is 4. The quantitative estimate of drug-likeness (QED) is 0.125. The topological polar surface area (TPSA) is 117 Å². The maximum absolute atomic E-state index is 7.13. The third kappa shape index (κ3) is 28.9. The molecule has 0 saturated carbocycles. The molecule has 2 aromatic heterocycles. The Labute approximate surface area is 275 Å². The first-order valence-corrected chi connectivity index (χ1v) is 12.6. The second-order valence-electron chi connectivity index (χ2n) is 6.52. The molecule has 0 fully saturated rings. The smallest absolute Gasteiger partial charge is 0.753 e. The van der Waals surface area contributed by atoms with Crippen molar-refractivity contribution in [3.8, 4) is 0 Å². The minimum Gasteiger partial charge on any atom is -0.753 e. The maximum atomic E-state index is 7.13. The molecular formula is C30H24N6S4Zn. The van der Waals surface area contributed by atoms with Crippen molar-refractivity contribution < 1.29 is 29.4 Å². The SMILES string of the molecule is C(=C\c1cc[nH+]cc1)/c1ccccc1.C(=C\c1cc[nH+]cc1)/c1ccccc1.[N-]=C=S.[N-]=C=S.[N-]=C=S.[N-]=C=S.[Zn+2]. The van der Waals surface area contributed by atoms with Crippen molar-refractivity contribution in [2.75, 3.05) is 0 Å². The molecule has 2 aromatic carbocycles. The van der Waals surface area contributed by atoms with Crippen LogP contribution in [0.25, 0.3) is 45.9 Å². The van der Waals surface area contributed by atoms with Crippen LogP contribution in [0.1, 0.15) is 22.3 Å². The van der Waals surface area contributed by atoms with Gasteiger partial charge in [0.25, 0.3) is 0 Å². The van der Waals surface area contributed by atoms with Crippen LogP contribution in [0.3, 0.4) is 0 Å². The molecule has 2 N–H and O–H groups in total. The van der Waals surface area contributed by atoms with Crippen molar-refractivity contribution in [1.82, 2.24) is 0 Å². The summed E-state index contributed by atoms with van der Waals surface area (Å²) in [6.07, 6.45) is 16.1. The van der Waals surface area contributed by atoms with E-state index < -0.39 is 0 Å². The van der Waals surface area contributed by atoms with Crippen LogP contribution in [0.5, 0.6) is 0 Å². The van der Waals surface area contributed by atoms with Crippen molar-refractivity contribution in [2.24, 2.45) is 0 Å². The summed E-state index contributed by atoms with van der Waals surface area (Å²) in [5, 5.41) is 33.9. The van der Waals surface area contributed by atoms with E-state index in [9.17, 15) is 0 Å². The fourth-order valence-electron chi connectivity index (χ4n) is 2.53. The Hall–Kier alpha value is -3.96. The minimum atomic E-state index is 0. The van der Waals surface area contributed by atoms with Crippen LogP contribution in [0.2, 0.25) is 0 Å². The van der Waals surface area contributed by atoms with Crippen molar-refractivity contribution in [3.63, 3.8) is 0 Å². The Bertz CT molecular complexity index is 1150. The van der Waals surface area contributed by atoms with Crippen LogP contribution in [0, 0.1) is 0 Å². The Morgan fingerprint density at radius 3 is 0.829 bits per heavy atom. The minimum absolute atomic E-state index is 0. The van der Waals surface area contributed by atoms with Crippen molar-refractivity contribution in [1.29, 1.82) is 0 Å². The van der Waals surface area contributed by atoms with E-state index in [0.29, 0.717) is 0 Å². The number of H-pyrrole nitrogens is 2. The Kier molecular flexibility index (Phi) is 34.5. The third-order valence-electron chi connectivity index (χ3n) is 4.02. The molecular weight excluding hydrogens is 638 g/mol. The molecule has 0 unspecified atom stereocenters. The van der Waals surface area contributed by atoms with Crippen LogP contribution in [-0.4, -0.2) is 20.6 Å². The van der Waals surface area contributed by atoms with Gasteiger partial charge in [-0.2, -0.15) is 20.6 Å². The zero-order chi connectivity index (χ0) is 30.1. The number of aromatic amines is 2. The van der Waals surface area contributed by atoms with Crippen LogP contribution in [0.4, 0.5) is 0 Å². The molecule has 200 valence electrons. The first-order chi connectivity index (χ1) is 19.6. The number of nitrogens with one attached hydrogen (secondary N) is 2. The van der Waals surface area contributed by atoms with Gasteiger partial charge < -0.3 is 21.6 Å². The van der Waals surface area contributed by atoms with Gasteiger partial charge in [-0.1, -0.05) is 134 Å². The van der Waals surface area contributed by atoms with E-state index in [-0.39, 0.29) is 19.5 Å². The van der Waals surface area contributed by atoms with Crippen molar-refractivity contribution in [3.05, 3.63) is 154 Å². The summed E-state index contributed by atoms with van der Waals surface area (Å²) in [6.45, 7) is 0. The van der Waals surface area contributed by atoms with Gasteiger partial charge in [-0.25, -0.2) is 9.97 Å². The van der Waals surface area contributed by atoms with E-state index >= 15 is 0 Å². The largest absolute Gasteiger partial charge is 2.00 e. The van der Waals surface area contributed by atoms with E-state index in [0.717, 1.165) is 0 Å². The summed E-state index contributed by atoms with van der Waals surface area (Å²) in [5.41, 5.74) is 4.85. The van der Waals surface area contributed by atoms with Gasteiger partial charge in [0.05, 0.1) is 0 Å². The van der Waals surface area contributed by atoms with E-state index in [1.807, 2.05) is 85.5 Å². The molecule has 0 radical (unpaired) electrons. The number of nitrogens with zero attached hydrogens (tertiary/aromatic N) is 4. The molecule has 0 saturated heterocycles. The number of rotatable bonds is 4. The number of isothiocyanates is 4. The fourth-order valence-corrected chi connectivity index (χ4v) is 2.53. The van der Waals surface area contributed by atoms with Crippen LogP contribution in [0.15, 0.2) is 110 Å². The van der Waals surface area contributed by atoms with E-state index in [2.05, 4.69) is 107 Å². The zero-order valence-corrected chi connectivity index (χ0v) is 28.1. The predicted octanol–water partition coefficient (Wildman–Crippen LogP) is 7.97. The number of pyridine rings is 2. The molecule has 41 heavy (non-hydrogen) atoms. The number of hydrogen-bond donors (Lipinski definition) is 0. The Morgan fingerprint density at radius 2 is 0.610 bits per heavy atom. The van der Waals surface area contributed by atoms with Gasteiger partial charge in [0, 0.05) is 24.3 Å². The van der Waals surface area contributed by atoms with Crippen molar-refractivity contribution in [2.45, 2.75) is 0 Å². The first kappa shape index (κ1) is 41.5. The molecule has 0 aliphatic rings. The zero-order valence-electron chi connectivity index (χ0n) is 21.8. The average molecular weight is 662 g/mol. The summed E-state index contributed by atoms with van der Waals surface area (Å²) in [7, 11) is 0. The molecule has 2 heterocycles. The van der Waals surface area contributed by atoms with Gasteiger partial charge in [-0.05, 0) is 22.3 Å². The van der Waals surface area contributed by atoms with E-state index in [4.69, 9.17) is 21.6 Å². The van der Waals surface area contributed by atoms with E-state index in [1.54, 1.807) is 0 Å². The van der Waals surface area contributed by atoms with Gasteiger partial charge in [0.1, 0.15) is 0 Å². The molecule has 0 spiro atoms. The summed E-state index contributed by atoms with van der Waals surface area (Å²) in [4.78, 5) is 5.99. The molecule has 11 heteroatoms. The molecule has 6 nitrogen and oxygen atoms in total. The van der Waals surface area contributed by atoms with Gasteiger partial charge in [0.15, 0.2) is 24.8 Å². The third-order valence-corrected chi connectivity index (χ3v) is 4.02. The summed E-state index contributed by atoms with van der Waals surface area (Å²) in [5.74, 6) is 0. The molecule has 0 bridgehead atoms. The molecule has 0 amide bonds. The molecule has 0 aliphatic carbocycles. The van der Waals surface area contributed by atoms with Crippen LogP contribution >= 0.6 is 48.9 Å². The monoisotopic (exact) mass is 660 g/mol. The van der Waals surface area contributed by atoms with Crippen LogP contribution < -0.4 is 9.97 Å². The Morgan fingerprint density at radius 1 is 0.415 bits per heavy atom. The second kappa shape index (κ2) is 34.1. The van der Waals surface area contributed by atoms with Gasteiger partial charge >= 0.3 is 19.5 Å². The Balaban J connectivity index is -0.000000502. The second-order valence-corrected chi connectivity index (χ2v) is 7.25. The van der Waals surface area contributed by atoms with Crippen LogP contribution in [-0.2, 0) is 19.5 Å². The maximum Gasteiger partial charge on any atom is 2.00 e. The molecule has 4 rings (SSSR count). The molecule has 4 aromatic rings. The first-order valence-electron chi connectivity index (χ1n) is 11.0. The standard InChI is InChI=1S/2C13H11N.4CNS.Zn/c2*1-2-4-12(5-3-1)6-7-13-8-10-14-11-9-13;4*2-1-3;/h2*1-11H;;;;;/q;;4*-1;+2/p+2/b2*7-6+;;;;;. The molecule has 0 atom stereocenters. The number of benzene rings is 2. The van der Waals surface area contributed by atoms with Crippen molar-refractivity contribution >= 4 is 93.8 Å². The number of aromatic nitrogens is 2. The fraction of sp³-hybridized carbons (Fsp3) is 0. The number of hydrogen-bond acceptors (Lipinski definition) is 4. The van der Waals surface area contributed by atoms with Gasteiger partial charge in [0.2, 0.25) is 0 Å². The van der Waals surface area contributed by atoms with Gasteiger partial charge in [-0.15, -0.1) is 0 Å². The van der Waals surface area contributed by atoms with Gasteiger partial charge in [-0.3, -0.25) is 0 Å².